The van der Waals surface area contributed by atoms with Crippen molar-refractivity contribution in [2.75, 3.05) is 0 Å². The molecule has 2 aliphatic rings. The molecule has 0 saturated heterocycles. The lowest BCUT2D eigenvalue weighted by atomic mass is 9.98. The summed E-state index contributed by atoms with van der Waals surface area (Å²) in [5.74, 6) is -0.757. The summed E-state index contributed by atoms with van der Waals surface area (Å²) < 4.78 is 5.64. The van der Waals surface area contributed by atoms with Crippen LogP contribution in [0.1, 0.15) is 66.4 Å². The van der Waals surface area contributed by atoms with E-state index in [0.717, 1.165) is 63.1 Å². The number of hydrogen-bond donors (Lipinski definition) is 0. The molecule has 2 bridgehead atoms. The van der Waals surface area contributed by atoms with Crippen molar-refractivity contribution in [1.29, 1.82) is 0 Å². The molecule has 8 nitrogen and oxygen atoms in total. The van der Waals surface area contributed by atoms with Gasteiger partial charge < -0.3 is 4.74 Å². The molecular formula is C23H26N2O6. The lowest BCUT2D eigenvalue weighted by molar-refractivity contribution is -0.394. The number of ether oxygens (including phenoxy) is 1. The van der Waals surface area contributed by atoms with Crippen LogP contribution in [0.15, 0.2) is 42.5 Å². The minimum absolute atomic E-state index is 0.167. The normalized spacial score (nSPS) is 17.5. The predicted octanol–water partition coefficient (Wildman–Crippen LogP) is 5.56. The number of nitro benzene ring substituents is 2. The van der Waals surface area contributed by atoms with Gasteiger partial charge in [0.2, 0.25) is 0 Å². The van der Waals surface area contributed by atoms with Gasteiger partial charge in [-0.3, -0.25) is 20.2 Å². The summed E-state index contributed by atoms with van der Waals surface area (Å²) in [4.78, 5) is 33.3. The Morgan fingerprint density at radius 2 is 1.26 bits per heavy atom. The molecule has 0 N–H and O–H groups in total. The zero-order chi connectivity index (χ0) is 22.2. The topological polar surface area (TPSA) is 113 Å². The SMILES string of the molecule is O=C(OC1CCCCCc2ccc(cc2)CCCC1)c1cc([N+](=O)[O-])cc([N+](=O)[O-])c1. The molecule has 0 heterocycles. The van der Waals surface area contributed by atoms with E-state index in [4.69, 9.17) is 4.74 Å². The Balaban J connectivity index is 1.68. The summed E-state index contributed by atoms with van der Waals surface area (Å²) in [5.41, 5.74) is 1.45. The summed E-state index contributed by atoms with van der Waals surface area (Å²) in [7, 11) is 0. The Kier molecular flexibility index (Phi) is 7.70. The fraction of sp³-hybridized carbons (Fsp3) is 0.435. The number of non-ortho nitro benzene ring substituents is 2. The number of nitrogens with zero attached hydrogens (tertiary/aromatic N) is 2. The predicted molar refractivity (Wildman–Crippen MR) is 115 cm³/mol. The van der Waals surface area contributed by atoms with Crippen LogP contribution in [-0.2, 0) is 17.6 Å². The van der Waals surface area contributed by atoms with Gasteiger partial charge in [0.05, 0.1) is 21.5 Å². The van der Waals surface area contributed by atoms with Crippen molar-refractivity contribution in [1.82, 2.24) is 0 Å². The van der Waals surface area contributed by atoms with Crippen LogP contribution in [-0.4, -0.2) is 21.9 Å². The maximum absolute atomic E-state index is 12.6. The number of benzene rings is 2. The Morgan fingerprint density at radius 3 is 1.77 bits per heavy atom. The maximum Gasteiger partial charge on any atom is 0.338 e. The van der Waals surface area contributed by atoms with Crippen LogP contribution in [0.4, 0.5) is 11.4 Å². The molecule has 0 fully saturated rings. The molecule has 0 radical (unpaired) electrons. The first-order valence-electron chi connectivity index (χ1n) is 10.6. The van der Waals surface area contributed by atoms with E-state index in [9.17, 15) is 25.0 Å². The van der Waals surface area contributed by atoms with Gasteiger partial charge in [0, 0.05) is 12.1 Å². The van der Waals surface area contributed by atoms with Gasteiger partial charge in [0.15, 0.2) is 0 Å². The standard InChI is InChI=1S/C23H26N2O6/c26-23(19-14-20(24(27)28)16-21(15-19)25(29)30)31-22-8-3-1-2-6-17-10-12-18(13-11-17)7-4-5-9-22/h10-16,22H,1-9H2. The van der Waals surface area contributed by atoms with E-state index in [1.165, 1.54) is 11.1 Å². The number of esters is 1. The molecule has 31 heavy (non-hydrogen) atoms. The molecule has 0 amide bonds. The smallest absolute Gasteiger partial charge is 0.338 e. The van der Waals surface area contributed by atoms with Gasteiger partial charge in [-0.1, -0.05) is 30.7 Å². The molecule has 2 aromatic rings. The second kappa shape index (κ2) is 10.7. The molecule has 164 valence electrons. The molecule has 0 spiro atoms. The van der Waals surface area contributed by atoms with Crippen LogP contribution in [0, 0.1) is 20.2 Å². The van der Waals surface area contributed by atoms with Crippen LogP contribution >= 0.6 is 0 Å². The first-order valence-corrected chi connectivity index (χ1v) is 10.6. The first kappa shape index (κ1) is 22.4. The Hall–Kier alpha value is -3.29. The molecule has 1 atom stereocenters. The number of nitro groups is 2. The van der Waals surface area contributed by atoms with E-state index in [-0.39, 0.29) is 11.7 Å². The van der Waals surface area contributed by atoms with Gasteiger partial charge >= 0.3 is 5.97 Å². The molecule has 0 aromatic heterocycles. The highest BCUT2D eigenvalue weighted by atomic mass is 16.6. The van der Waals surface area contributed by atoms with Gasteiger partial charge in [-0.2, -0.15) is 0 Å². The van der Waals surface area contributed by atoms with Crippen molar-refractivity contribution in [3.05, 3.63) is 79.4 Å². The fourth-order valence-electron chi connectivity index (χ4n) is 3.86. The number of carbonyl (C=O) groups excluding carboxylic acids is 1. The number of hydrogen-bond acceptors (Lipinski definition) is 6. The number of carbonyl (C=O) groups is 1. The van der Waals surface area contributed by atoms with Crippen LogP contribution in [0.2, 0.25) is 0 Å². The summed E-state index contributed by atoms with van der Waals surface area (Å²) in [6.45, 7) is 0. The van der Waals surface area contributed by atoms with Gasteiger partial charge in [-0.15, -0.1) is 0 Å². The van der Waals surface area contributed by atoms with E-state index >= 15 is 0 Å². The third kappa shape index (κ3) is 6.60. The lowest BCUT2D eigenvalue weighted by Crippen LogP contribution is -2.19. The maximum atomic E-state index is 12.6. The average molecular weight is 426 g/mol. The monoisotopic (exact) mass is 426 g/mol. The van der Waals surface area contributed by atoms with Crippen LogP contribution in [0.5, 0.6) is 0 Å². The summed E-state index contributed by atoms with van der Waals surface area (Å²) in [6, 6.07) is 11.6. The lowest BCUT2D eigenvalue weighted by Gasteiger charge is -2.18. The van der Waals surface area contributed by atoms with Gasteiger partial charge in [0.25, 0.3) is 11.4 Å². The largest absolute Gasteiger partial charge is 0.459 e. The Morgan fingerprint density at radius 1 is 0.774 bits per heavy atom. The summed E-state index contributed by atoms with van der Waals surface area (Å²) in [6.07, 6.45) is 7.89. The molecule has 2 aliphatic carbocycles. The van der Waals surface area contributed by atoms with Gasteiger partial charge in [-0.25, -0.2) is 4.79 Å². The van der Waals surface area contributed by atoms with Crippen LogP contribution < -0.4 is 0 Å². The molecule has 1 unspecified atom stereocenters. The second-order valence-corrected chi connectivity index (χ2v) is 7.94. The molecule has 8 heteroatoms. The highest BCUT2D eigenvalue weighted by Crippen LogP contribution is 2.25. The van der Waals surface area contributed by atoms with Crippen molar-refractivity contribution >= 4 is 17.3 Å². The minimum Gasteiger partial charge on any atom is -0.459 e. The third-order valence-corrected chi connectivity index (χ3v) is 5.59. The zero-order valence-corrected chi connectivity index (χ0v) is 17.3. The van der Waals surface area contributed by atoms with E-state index < -0.39 is 27.2 Å². The van der Waals surface area contributed by atoms with Gasteiger partial charge in [-0.05, 0) is 62.5 Å². The summed E-state index contributed by atoms with van der Waals surface area (Å²) >= 11 is 0. The quantitative estimate of drug-likeness (QED) is 0.359. The molecule has 2 aromatic carbocycles. The molecular weight excluding hydrogens is 400 g/mol. The highest BCUT2D eigenvalue weighted by molar-refractivity contribution is 5.91. The van der Waals surface area contributed by atoms with E-state index in [2.05, 4.69) is 24.3 Å². The number of rotatable bonds is 4. The highest BCUT2D eigenvalue weighted by Gasteiger charge is 2.23. The second-order valence-electron chi connectivity index (χ2n) is 7.94. The van der Waals surface area contributed by atoms with E-state index in [1.807, 2.05) is 0 Å². The van der Waals surface area contributed by atoms with Crippen molar-refractivity contribution in [2.24, 2.45) is 0 Å². The Bertz CT molecular complexity index is 909. The van der Waals surface area contributed by atoms with E-state index in [1.54, 1.807) is 0 Å². The zero-order valence-electron chi connectivity index (χ0n) is 17.3. The van der Waals surface area contributed by atoms with Crippen molar-refractivity contribution in [3.8, 4) is 0 Å². The van der Waals surface area contributed by atoms with Crippen LogP contribution in [0.25, 0.3) is 0 Å². The van der Waals surface area contributed by atoms with E-state index in [0.29, 0.717) is 12.8 Å². The Labute approximate surface area is 180 Å². The average Bonchev–Trinajstić information content (AvgIpc) is 2.76. The van der Waals surface area contributed by atoms with Crippen molar-refractivity contribution < 1.29 is 19.4 Å². The fourth-order valence-corrected chi connectivity index (χ4v) is 3.86. The minimum atomic E-state index is -0.757. The van der Waals surface area contributed by atoms with Crippen molar-refractivity contribution in [3.63, 3.8) is 0 Å². The first-order chi connectivity index (χ1) is 14.9. The van der Waals surface area contributed by atoms with Crippen molar-refractivity contribution in [2.45, 2.75) is 63.9 Å². The third-order valence-electron chi connectivity index (χ3n) is 5.59. The number of aryl methyl sites for hydroxylation is 2. The molecule has 0 saturated carbocycles. The molecule has 0 aliphatic heterocycles. The molecule has 4 rings (SSSR count). The summed E-state index contributed by atoms with van der Waals surface area (Å²) in [5, 5.41) is 22.2. The van der Waals surface area contributed by atoms with Gasteiger partial charge in [0.1, 0.15) is 6.10 Å². The number of fused-ring (bicyclic) bond motifs is 11. The van der Waals surface area contributed by atoms with Crippen LogP contribution in [0.3, 0.4) is 0 Å².